The van der Waals surface area contributed by atoms with Crippen LogP contribution in [-0.2, 0) is 4.79 Å². The minimum Gasteiger partial charge on any atom is -0.319 e. The monoisotopic (exact) mass is 464 g/mol. The number of rotatable bonds is 6. The van der Waals surface area contributed by atoms with Crippen LogP contribution in [0.1, 0.15) is 26.8 Å². The molecule has 0 fully saturated rings. The molecule has 4 aromatic rings. The highest BCUT2D eigenvalue weighted by atomic mass is 32.2. The number of thioether (sulfide) groups is 1. The number of nitrogens with zero attached hydrogens (tertiary/aromatic N) is 3. The number of carbonyl (C=O) groups excluding carboxylic acids is 1. The number of aromatic nitrogens is 2. The summed E-state index contributed by atoms with van der Waals surface area (Å²) >= 11 is 2.91. The van der Waals surface area contributed by atoms with Gasteiger partial charge in [-0.1, -0.05) is 48.2 Å². The highest BCUT2D eigenvalue weighted by Gasteiger charge is 2.27. The Balaban J connectivity index is 1.73. The minimum absolute atomic E-state index is 0.135. The number of amides is 1. The fraction of sp³-hybridized carbons (Fsp3) is 0.174. The predicted octanol–water partition coefficient (Wildman–Crippen LogP) is 6.00. The molecule has 162 valence electrons. The molecule has 1 amide bonds. The van der Waals surface area contributed by atoms with Gasteiger partial charge in [0.15, 0.2) is 0 Å². The standard InChI is InChI=1S/C23H20N4O3S2/c1-13-9-10-17(18(11-13)27(29)30)26-21(28)20(16-7-5-4-6-8-16)32-23-19-14(2)15(3)31-22(19)24-12-25-23/h4-12,20H,1-3H3,(H,26,28). The smallest absolute Gasteiger partial charge is 0.293 e. The molecule has 0 saturated heterocycles. The van der Waals surface area contributed by atoms with Gasteiger partial charge < -0.3 is 5.32 Å². The topological polar surface area (TPSA) is 98.0 Å². The van der Waals surface area contributed by atoms with Crippen LogP contribution in [0.5, 0.6) is 0 Å². The maximum atomic E-state index is 13.4. The van der Waals surface area contributed by atoms with Crippen molar-refractivity contribution in [1.29, 1.82) is 0 Å². The van der Waals surface area contributed by atoms with E-state index in [1.807, 2.05) is 44.2 Å². The summed E-state index contributed by atoms with van der Waals surface area (Å²) in [5.41, 5.74) is 2.65. The predicted molar refractivity (Wildman–Crippen MR) is 128 cm³/mol. The van der Waals surface area contributed by atoms with Crippen molar-refractivity contribution in [2.24, 2.45) is 0 Å². The quantitative estimate of drug-likeness (QED) is 0.163. The Morgan fingerprint density at radius 2 is 1.88 bits per heavy atom. The van der Waals surface area contributed by atoms with Crippen LogP contribution in [0.4, 0.5) is 11.4 Å². The van der Waals surface area contributed by atoms with Crippen molar-refractivity contribution in [1.82, 2.24) is 9.97 Å². The first-order valence-electron chi connectivity index (χ1n) is 9.83. The molecule has 32 heavy (non-hydrogen) atoms. The number of carbonyl (C=O) groups is 1. The summed E-state index contributed by atoms with van der Waals surface area (Å²) in [4.78, 5) is 35.3. The number of anilines is 1. The van der Waals surface area contributed by atoms with Crippen LogP contribution < -0.4 is 5.32 Å². The number of thiophene rings is 1. The van der Waals surface area contributed by atoms with E-state index in [0.29, 0.717) is 5.03 Å². The SMILES string of the molecule is Cc1ccc(NC(=O)C(Sc2ncnc3sc(C)c(C)c23)c2ccccc2)c([N+](=O)[O-])c1. The zero-order valence-corrected chi connectivity index (χ0v) is 19.3. The van der Waals surface area contributed by atoms with Gasteiger partial charge in [0.25, 0.3) is 5.69 Å². The van der Waals surface area contributed by atoms with Gasteiger partial charge in [0.1, 0.15) is 27.1 Å². The molecule has 0 aliphatic heterocycles. The molecule has 2 aromatic carbocycles. The number of nitro groups is 1. The molecule has 4 rings (SSSR count). The molecule has 0 aliphatic rings. The summed E-state index contributed by atoms with van der Waals surface area (Å²) in [6.07, 6.45) is 1.50. The lowest BCUT2D eigenvalue weighted by Crippen LogP contribution is -2.20. The largest absolute Gasteiger partial charge is 0.319 e. The third kappa shape index (κ3) is 4.35. The van der Waals surface area contributed by atoms with Crippen molar-refractivity contribution in [3.8, 4) is 0 Å². The molecule has 9 heteroatoms. The number of nitrogens with one attached hydrogen (secondary N) is 1. The van der Waals surface area contributed by atoms with E-state index in [1.54, 1.807) is 30.4 Å². The maximum Gasteiger partial charge on any atom is 0.293 e. The first-order valence-corrected chi connectivity index (χ1v) is 11.5. The number of hydrogen-bond acceptors (Lipinski definition) is 7. The zero-order chi connectivity index (χ0) is 22.8. The van der Waals surface area contributed by atoms with Gasteiger partial charge in [-0.25, -0.2) is 9.97 Å². The van der Waals surface area contributed by atoms with Gasteiger partial charge in [-0.15, -0.1) is 11.3 Å². The molecular formula is C23H20N4O3S2. The molecule has 0 radical (unpaired) electrons. The zero-order valence-electron chi connectivity index (χ0n) is 17.7. The summed E-state index contributed by atoms with van der Waals surface area (Å²) in [5.74, 6) is -0.357. The number of hydrogen-bond donors (Lipinski definition) is 1. The van der Waals surface area contributed by atoms with E-state index < -0.39 is 10.2 Å². The van der Waals surface area contributed by atoms with Gasteiger partial charge in [0, 0.05) is 16.3 Å². The maximum absolute atomic E-state index is 13.4. The second-order valence-electron chi connectivity index (χ2n) is 7.32. The van der Waals surface area contributed by atoms with Gasteiger partial charge in [0.2, 0.25) is 5.91 Å². The molecule has 1 unspecified atom stereocenters. The van der Waals surface area contributed by atoms with Gasteiger partial charge >= 0.3 is 0 Å². The van der Waals surface area contributed by atoms with E-state index in [1.165, 1.54) is 24.2 Å². The Labute approximate surface area is 193 Å². The Kier molecular flexibility index (Phi) is 6.20. The van der Waals surface area contributed by atoms with Gasteiger partial charge in [-0.2, -0.15) is 0 Å². The summed E-state index contributed by atoms with van der Waals surface area (Å²) in [5, 5.41) is 15.3. The molecule has 0 bridgehead atoms. The van der Waals surface area contributed by atoms with Crippen molar-refractivity contribution >= 4 is 50.6 Å². The average Bonchev–Trinajstić information content (AvgIpc) is 3.07. The van der Waals surface area contributed by atoms with Crippen LogP contribution in [0.15, 0.2) is 59.9 Å². The van der Waals surface area contributed by atoms with Crippen molar-refractivity contribution in [2.45, 2.75) is 31.0 Å². The second-order valence-corrected chi connectivity index (χ2v) is 9.61. The molecular weight excluding hydrogens is 444 g/mol. The lowest BCUT2D eigenvalue weighted by Gasteiger charge is -2.17. The fourth-order valence-electron chi connectivity index (χ4n) is 3.35. The van der Waals surface area contributed by atoms with E-state index >= 15 is 0 Å². The van der Waals surface area contributed by atoms with E-state index in [0.717, 1.165) is 31.8 Å². The third-order valence-corrected chi connectivity index (χ3v) is 7.48. The Bertz CT molecular complexity index is 1320. The lowest BCUT2D eigenvalue weighted by molar-refractivity contribution is -0.384. The fourth-order valence-corrected chi connectivity index (χ4v) is 5.57. The van der Waals surface area contributed by atoms with E-state index in [9.17, 15) is 14.9 Å². The lowest BCUT2D eigenvalue weighted by atomic mass is 10.1. The highest BCUT2D eigenvalue weighted by Crippen LogP contribution is 2.41. The van der Waals surface area contributed by atoms with Gasteiger partial charge in [0.05, 0.1) is 4.92 Å². The number of aryl methyl sites for hydroxylation is 3. The molecule has 0 aliphatic carbocycles. The van der Waals surface area contributed by atoms with Crippen molar-refractivity contribution in [3.63, 3.8) is 0 Å². The summed E-state index contributed by atoms with van der Waals surface area (Å²) < 4.78 is 0. The Morgan fingerprint density at radius 1 is 1.12 bits per heavy atom. The molecule has 0 spiro atoms. The summed E-state index contributed by atoms with van der Waals surface area (Å²) in [6.45, 7) is 5.83. The van der Waals surface area contributed by atoms with Crippen LogP contribution in [0, 0.1) is 30.9 Å². The first kappa shape index (κ1) is 21.9. The van der Waals surface area contributed by atoms with E-state index in [2.05, 4.69) is 15.3 Å². The second kappa shape index (κ2) is 9.05. The average molecular weight is 465 g/mol. The van der Waals surface area contributed by atoms with E-state index in [-0.39, 0.29) is 17.3 Å². The van der Waals surface area contributed by atoms with Crippen LogP contribution >= 0.6 is 23.1 Å². The van der Waals surface area contributed by atoms with Crippen LogP contribution in [0.3, 0.4) is 0 Å². The third-order valence-electron chi connectivity index (χ3n) is 5.11. The molecule has 7 nitrogen and oxygen atoms in total. The van der Waals surface area contributed by atoms with Crippen LogP contribution in [0.2, 0.25) is 0 Å². The summed E-state index contributed by atoms with van der Waals surface area (Å²) in [7, 11) is 0. The highest BCUT2D eigenvalue weighted by molar-refractivity contribution is 8.00. The van der Waals surface area contributed by atoms with Crippen molar-refractivity contribution < 1.29 is 9.72 Å². The molecule has 2 heterocycles. The summed E-state index contributed by atoms with van der Waals surface area (Å²) in [6, 6.07) is 14.1. The molecule has 1 N–H and O–H groups in total. The first-order chi connectivity index (χ1) is 15.3. The van der Waals surface area contributed by atoms with Crippen molar-refractivity contribution in [2.75, 3.05) is 5.32 Å². The van der Waals surface area contributed by atoms with E-state index in [4.69, 9.17) is 0 Å². The van der Waals surface area contributed by atoms with Gasteiger partial charge in [-0.05, 0) is 43.5 Å². The van der Waals surface area contributed by atoms with Gasteiger partial charge in [-0.3, -0.25) is 14.9 Å². The van der Waals surface area contributed by atoms with Crippen LogP contribution in [-0.4, -0.2) is 20.8 Å². The van der Waals surface area contributed by atoms with Crippen molar-refractivity contribution in [3.05, 3.63) is 86.5 Å². The molecule has 1 atom stereocenters. The number of nitro benzene ring substituents is 1. The molecule has 0 saturated carbocycles. The Morgan fingerprint density at radius 3 is 2.59 bits per heavy atom. The molecule has 2 aromatic heterocycles. The number of fused-ring (bicyclic) bond motifs is 1. The number of benzene rings is 2. The Hall–Kier alpha value is -3.30. The van der Waals surface area contributed by atoms with Crippen LogP contribution in [0.25, 0.3) is 10.2 Å². The normalized spacial score (nSPS) is 12.0. The minimum atomic E-state index is -0.658.